The zero-order valence-electron chi connectivity index (χ0n) is 12.4. The summed E-state index contributed by atoms with van der Waals surface area (Å²) < 4.78 is 16.4. The summed E-state index contributed by atoms with van der Waals surface area (Å²) in [5, 5.41) is 0. The highest BCUT2D eigenvalue weighted by atomic mass is 32.1. The second-order valence-electron chi connectivity index (χ2n) is 4.99. The number of hydrogen-bond acceptors (Lipinski definition) is 2. The van der Waals surface area contributed by atoms with Crippen LogP contribution in [0.3, 0.4) is 0 Å². The van der Waals surface area contributed by atoms with E-state index in [-0.39, 0.29) is 18.3 Å². The zero-order valence-corrected chi connectivity index (χ0v) is 13.2. The van der Waals surface area contributed by atoms with E-state index in [0.29, 0.717) is 20.6 Å². The summed E-state index contributed by atoms with van der Waals surface area (Å²) in [5.74, 6) is 1.75. The monoisotopic (exact) mass is 324 g/mol. The van der Waals surface area contributed by atoms with Crippen molar-refractivity contribution >= 4 is 27.5 Å². The predicted octanol–water partition coefficient (Wildman–Crippen LogP) is 3.52. The van der Waals surface area contributed by atoms with Crippen molar-refractivity contribution < 1.29 is 9.18 Å². The molecule has 3 rings (SSSR count). The lowest BCUT2D eigenvalue weighted by molar-refractivity contribution is 0.0997. The van der Waals surface area contributed by atoms with Crippen molar-refractivity contribution in [1.82, 2.24) is 4.57 Å². The van der Waals surface area contributed by atoms with Crippen LogP contribution in [0, 0.1) is 25.1 Å². The minimum absolute atomic E-state index is 0.154. The number of aromatic nitrogens is 1. The fourth-order valence-electron chi connectivity index (χ4n) is 2.37. The van der Waals surface area contributed by atoms with Gasteiger partial charge in [-0.2, -0.15) is 4.99 Å². The third-order valence-corrected chi connectivity index (χ3v) is 4.52. The number of para-hydroxylation sites is 1. The third-order valence-electron chi connectivity index (χ3n) is 3.47. The standard InChI is InChI=1S/C18H13FN2OS/c1-3-11-21-16-14(19)9-6-10-15(16)23-18(21)20-17(22)13-8-5-4-7-12(13)2/h1,4-10H,11H2,2H3. The number of halogens is 1. The largest absolute Gasteiger partial charge is 0.302 e. The predicted molar refractivity (Wildman–Crippen MR) is 89.7 cm³/mol. The van der Waals surface area contributed by atoms with Crippen molar-refractivity contribution in [2.45, 2.75) is 13.5 Å². The first-order chi connectivity index (χ1) is 11.1. The first-order valence-corrected chi connectivity index (χ1v) is 7.79. The van der Waals surface area contributed by atoms with Crippen LogP contribution in [-0.4, -0.2) is 10.5 Å². The molecule has 3 nitrogen and oxygen atoms in total. The summed E-state index contributed by atoms with van der Waals surface area (Å²) in [4.78, 5) is 17.0. The normalized spacial score (nSPS) is 11.6. The van der Waals surface area contributed by atoms with Crippen LogP contribution in [0.15, 0.2) is 47.5 Å². The van der Waals surface area contributed by atoms with E-state index < -0.39 is 0 Å². The van der Waals surface area contributed by atoms with Gasteiger partial charge in [-0.25, -0.2) is 4.39 Å². The lowest BCUT2D eigenvalue weighted by Crippen LogP contribution is -2.17. The Kier molecular flexibility index (Phi) is 4.09. The van der Waals surface area contributed by atoms with Gasteiger partial charge in [-0.05, 0) is 30.7 Å². The topological polar surface area (TPSA) is 34.4 Å². The van der Waals surface area contributed by atoms with Crippen molar-refractivity contribution in [1.29, 1.82) is 0 Å². The number of aryl methyl sites for hydroxylation is 1. The molecule has 0 unspecified atom stereocenters. The summed E-state index contributed by atoms with van der Waals surface area (Å²) in [6, 6.07) is 12.0. The van der Waals surface area contributed by atoms with Crippen molar-refractivity contribution in [2.24, 2.45) is 4.99 Å². The molecule has 0 aliphatic rings. The van der Waals surface area contributed by atoms with E-state index in [2.05, 4.69) is 10.9 Å². The van der Waals surface area contributed by atoms with Gasteiger partial charge in [0.25, 0.3) is 5.91 Å². The molecule has 5 heteroatoms. The molecule has 2 aromatic carbocycles. The van der Waals surface area contributed by atoms with Gasteiger partial charge in [0.05, 0.1) is 16.8 Å². The third kappa shape index (κ3) is 2.81. The van der Waals surface area contributed by atoms with Crippen molar-refractivity contribution in [3.05, 3.63) is 64.2 Å². The van der Waals surface area contributed by atoms with Crippen LogP contribution in [-0.2, 0) is 6.54 Å². The van der Waals surface area contributed by atoms with Gasteiger partial charge in [-0.15, -0.1) is 6.42 Å². The SMILES string of the molecule is C#CCn1c(=NC(=O)c2ccccc2C)sc2cccc(F)c21. The summed E-state index contributed by atoms with van der Waals surface area (Å²) in [5.41, 5.74) is 1.75. The molecule has 0 aliphatic heterocycles. The van der Waals surface area contributed by atoms with Crippen LogP contribution in [0.2, 0.25) is 0 Å². The molecule has 0 saturated heterocycles. The first-order valence-electron chi connectivity index (χ1n) is 6.98. The molecule has 0 fully saturated rings. The van der Waals surface area contributed by atoms with Crippen LogP contribution >= 0.6 is 11.3 Å². The Hall–Kier alpha value is -2.71. The summed E-state index contributed by atoms with van der Waals surface area (Å²) >= 11 is 1.25. The molecule has 0 bridgehead atoms. The fourth-order valence-corrected chi connectivity index (χ4v) is 3.41. The quantitative estimate of drug-likeness (QED) is 0.664. The highest BCUT2D eigenvalue weighted by molar-refractivity contribution is 7.16. The highest BCUT2D eigenvalue weighted by Crippen LogP contribution is 2.20. The summed E-state index contributed by atoms with van der Waals surface area (Å²) in [6.45, 7) is 2.00. The van der Waals surface area contributed by atoms with Crippen molar-refractivity contribution in [3.63, 3.8) is 0 Å². The van der Waals surface area contributed by atoms with Gasteiger partial charge in [-0.1, -0.05) is 41.5 Å². The molecule has 0 aliphatic carbocycles. The van der Waals surface area contributed by atoms with E-state index in [1.165, 1.54) is 17.4 Å². The lowest BCUT2D eigenvalue weighted by Gasteiger charge is -2.02. The maximum absolute atomic E-state index is 14.1. The van der Waals surface area contributed by atoms with E-state index >= 15 is 0 Å². The van der Waals surface area contributed by atoms with E-state index in [1.54, 1.807) is 28.8 Å². The Morgan fingerprint density at radius 1 is 1.30 bits per heavy atom. The van der Waals surface area contributed by atoms with Crippen molar-refractivity contribution in [3.8, 4) is 12.3 Å². The first kappa shape index (κ1) is 15.2. The average Bonchev–Trinajstić information content (AvgIpc) is 2.87. The Morgan fingerprint density at radius 3 is 2.83 bits per heavy atom. The summed E-state index contributed by atoms with van der Waals surface area (Å²) in [6.07, 6.45) is 5.38. The second kappa shape index (κ2) is 6.19. The van der Waals surface area contributed by atoms with Crippen LogP contribution in [0.25, 0.3) is 10.2 Å². The Morgan fingerprint density at radius 2 is 2.09 bits per heavy atom. The van der Waals surface area contributed by atoms with Gasteiger partial charge in [0.2, 0.25) is 0 Å². The molecule has 0 N–H and O–H groups in total. The highest BCUT2D eigenvalue weighted by Gasteiger charge is 2.12. The number of carbonyl (C=O) groups is 1. The van der Waals surface area contributed by atoms with E-state index in [4.69, 9.17) is 6.42 Å². The second-order valence-corrected chi connectivity index (χ2v) is 6.00. The molecule has 1 aromatic heterocycles. The number of fused-ring (bicyclic) bond motifs is 1. The van der Waals surface area contributed by atoms with Gasteiger partial charge in [-0.3, -0.25) is 4.79 Å². The molecule has 1 amide bonds. The number of benzene rings is 2. The summed E-state index contributed by atoms with van der Waals surface area (Å²) in [7, 11) is 0. The smallest absolute Gasteiger partial charge is 0.279 e. The number of amides is 1. The maximum Gasteiger partial charge on any atom is 0.279 e. The molecule has 1 heterocycles. The minimum Gasteiger partial charge on any atom is -0.302 e. The van der Waals surface area contributed by atoms with Gasteiger partial charge in [0.1, 0.15) is 5.82 Å². The number of carbonyl (C=O) groups excluding carboxylic acids is 1. The number of thiazole rings is 1. The molecule has 23 heavy (non-hydrogen) atoms. The molecular weight excluding hydrogens is 311 g/mol. The number of terminal acetylenes is 1. The maximum atomic E-state index is 14.1. The zero-order chi connectivity index (χ0) is 16.4. The fraction of sp³-hybridized carbons (Fsp3) is 0.111. The Balaban J connectivity index is 2.22. The van der Waals surface area contributed by atoms with Crippen molar-refractivity contribution in [2.75, 3.05) is 0 Å². The average molecular weight is 324 g/mol. The molecule has 0 radical (unpaired) electrons. The Bertz CT molecular complexity index is 1010. The van der Waals surface area contributed by atoms with E-state index in [1.807, 2.05) is 19.1 Å². The van der Waals surface area contributed by atoms with Gasteiger partial charge in [0.15, 0.2) is 4.80 Å². The van der Waals surface area contributed by atoms with Gasteiger partial charge >= 0.3 is 0 Å². The lowest BCUT2D eigenvalue weighted by atomic mass is 10.1. The van der Waals surface area contributed by atoms with Gasteiger partial charge in [0, 0.05) is 5.56 Å². The van der Waals surface area contributed by atoms with Crippen LogP contribution < -0.4 is 4.80 Å². The van der Waals surface area contributed by atoms with Crippen LogP contribution in [0.5, 0.6) is 0 Å². The van der Waals surface area contributed by atoms with Crippen LogP contribution in [0.4, 0.5) is 4.39 Å². The Labute approximate surface area is 136 Å². The molecule has 3 aromatic rings. The molecule has 114 valence electrons. The molecule has 0 spiro atoms. The number of hydrogen-bond donors (Lipinski definition) is 0. The molecule has 0 saturated carbocycles. The van der Waals surface area contributed by atoms with Gasteiger partial charge < -0.3 is 4.57 Å². The minimum atomic E-state index is -0.376. The van der Waals surface area contributed by atoms with E-state index in [0.717, 1.165) is 5.56 Å². The molecular formula is C18H13FN2OS. The number of rotatable bonds is 2. The molecule has 0 atom stereocenters. The van der Waals surface area contributed by atoms with E-state index in [9.17, 15) is 9.18 Å². The number of nitrogens with zero attached hydrogens (tertiary/aromatic N) is 2. The van der Waals surface area contributed by atoms with Crippen LogP contribution in [0.1, 0.15) is 15.9 Å².